The Bertz CT molecular complexity index is 737. The maximum Gasteiger partial charge on any atom is 0.322 e. The summed E-state index contributed by atoms with van der Waals surface area (Å²) < 4.78 is 26.2. The van der Waals surface area contributed by atoms with Crippen LogP contribution in [0.3, 0.4) is 0 Å². The van der Waals surface area contributed by atoms with Crippen molar-refractivity contribution < 1.29 is 18.0 Å². The molecule has 1 unspecified atom stereocenters. The average molecular weight is 331 g/mol. The molecule has 0 bridgehead atoms. The van der Waals surface area contributed by atoms with E-state index in [1.807, 2.05) is 0 Å². The third kappa shape index (κ3) is 2.17. The zero-order valence-electron chi connectivity index (χ0n) is 10.7. The number of carbonyl (C=O) groups is 2. The number of amides is 3. The van der Waals surface area contributed by atoms with Gasteiger partial charge in [-0.3, -0.25) is 10.1 Å². The van der Waals surface area contributed by atoms with Crippen molar-refractivity contribution in [2.75, 3.05) is 13.1 Å². The number of carbonyl (C=O) groups excluding carboxylic acids is 2. The van der Waals surface area contributed by atoms with Crippen LogP contribution in [0, 0.1) is 0 Å². The minimum atomic E-state index is -3.87. The molecule has 3 rings (SSSR count). The molecular weight excluding hydrogens is 320 g/mol. The highest BCUT2D eigenvalue weighted by atomic mass is 35.5. The van der Waals surface area contributed by atoms with Crippen LogP contribution < -0.4 is 10.6 Å². The zero-order chi connectivity index (χ0) is 15.3. The molecule has 0 aromatic carbocycles. The van der Waals surface area contributed by atoms with Crippen molar-refractivity contribution in [2.45, 2.75) is 16.9 Å². The van der Waals surface area contributed by atoms with Gasteiger partial charge in [-0.2, -0.15) is 4.31 Å². The van der Waals surface area contributed by atoms with Gasteiger partial charge in [-0.1, -0.05) is 11.6 Å². The van der Waals surface area contributed by atoms with Gasteiger partial charge in [0, 0.05) is 19.3 Å². The number of nitrogens with zero attached hydrogens (tertiary/aromatic N) is 2. The van der Waals surface area contributed by atoms with Gasteiger partial charge in [-0.05, 0) is 18.6 Å². The van der Waals surface area contributed by atoms with Crippen molar-refractivity contribution in [2.24, 2.45) is 0 Å². The topological polar surface area (TPSA) is 108 Å². The standard InChI is InChI=1S/C11H11ClN4O4S/c12-8-7(2-1-4-13-8)21(19,20)16-5-3-11(6-16)9(17)14-10(18)15-11/h1-2,4H,3,5-6H2,(H2,14,15,17,18). The molecule has 2 fully saturated rings. The summed E-state index contributed by atoms with van der Waals surface area (Å²) in [6, 6.07) is 2.20. The molecule has 21 heavy (non-hydrogen) atoms. The number of nitrogens with one attached hydrogen (secondary N) is 2. The number of hydrogen-bond donors (Lipinski definition) is 2. The summed E-state index contributed by atoms with van der Waals surface area (Å²) >= 11 is 5.82. The van der Waals surface area contributed by atoms with E-state index in [-0.39, 0.29) is 29.6 Å². The van der Waals surface area contributed by atoms with Crippen LogP contribution in [-0.2, 0) is 14.8 Å². The average Bonchev–Trinajstić information content (AvgIpc) is 2.95. The molecule has 0 aliphatic carbocycles. The van der Waals surface area contributed by atoms with Crippen LogP contribution in [0.1, 0.15) is 6.42 Å². The third-order valence-corrected chi connectivity index (χ3v) is 5.88. The largest absolute Gasteiger partial charge is 0.322 e. The number of rotatable bonds is 2. The molecule has 2 aliphatic rings. The smallest absolute Gasteiger partial charge is 0.322 e. The van der Waals surface area contributed by atoms with Crippen LogP contribution in [0.2, 0.25) is 5.15 Å². The van der Waals surface area contributed by atoms with Crippen molar-refractivity contribution in [3.63, 3.8) is 0 Å². The van der Waals surface area contributed by atoms with Gasteiger partial charge in [-0.25, -0.2) is 18.2 Å². The highest BCUT2D eigenvalue weighted by Gasteiger charge is 2.53. The molecule has 2 saturated heterocycles. The van der Waals surface area contributed by atoms with Crippen LogP contribution in [0.25, 0.3) is 0 Å². The molecule has 3 amide bonds. The molecule has 10 heteroatoms. The first-order valence-electron chi connectivity index (χ1n) is 6.09. The number of urea groups is 1. The minimum absolute atomic E-state index is 0.112. The second kappa shape index (κ2) is 4.65. The van der Waals surface area contributed by atoms with Gasteiger partial charge in [0.25, 0.3) is 5.91 Å². The van der Waals surface area contributed by atoms with Gasteiger partial charge < -0.3 is 5.32 Å². The Labute approximate surface area is 125 Å². The fraction of sp³-hybridized carbons (Fsp3) is 0.364. The fourth-order valence-corrected chi connectivity index (χ4v) is 4.43. The van der Waals surface area contributed by atoms with Crippen LogP contribution in [0.4, 0.5) is 4.79 Å². The predicted molar refractivity (Wildman–Crippen MR) is 72.0 cm³/mol. The summed E-state index contributed by atoms with van der Waals surface area (Å²) in [5, 5.41) is 4.49. The highest BCUT2D eigenvalue weighted by Crippen LogP contribution is 2.31. The second-order valence-corrected chi connectivity index (χ2v) is 7.14. The number of imide groups is 1. The lowest BCUT2D eigenvalue weighted by molar-refractivity contribution is -0.123. The van der Waals surface area contributed by atoms with E-state index in [0.717, 1.165) is 4.31 Å². The Hall–Kier alpha value is -1.71. The van der Waals surface area contributed by atoms with Gasteiger partial charge in [0.1, 0.15) is 15.6 Å². The van der Waals surface area contributed by atoms with Gasteiger partial charge in [0.05, 0.1) is 0 Å². The van der Waals surface area contributed by atoms with E-state index < -0.39 is 27.5 Å². The van der Waals surface area contributed by atoms with Crippen LogP contribution in [0.5, 0.6) is 0 Å². The molecule has 1 aromatic heterocycles. The zero-order valence-corrected chi connectivity index (χ0v) is 12.2. The molecule has 3 heterocycles. The van der Waals surface area contributed by atoms with Crippen LogP contribution in [0.15, 0.2) is 23.2 Å². The summed E-state index contributed by atoms with van der Waals surface area (Å²) in [5.74, 6) is -0.512. The highest BCUT2D eigenvalue weighted by molar-refractivity contribution is 7.89. The van der Waals surface area contributed by atoms with Crippen molar-refractivity contribution in [3.8, 4) is 0 Å². The van der Waals surface area contributed by atoms with E-state index in [0.29, 0.717) is 0 Å². The summed E-state index contributed by atoms with van der Waals surface area (Å²) in [6.07, 6.45) is 1.60. The Morgan fingerprint density at radius 1 is 1.38 bits per heavy atom. The molecule has 2 N–H and O–H groups in total. The lowest BCUT2D eigenvalue weighted by Gasteiger charge is -2.21. The maximum atomic E-state index is 12.5. The van der Waals surface area contributed by atoms with E-state index in [1.54, 1.807) is 0 Å². The summed E-state index contributed by atoms with van der Waals surface area (Å²) in [6.45, 7) is -0.0145. The first-order chi connectivity index (χ1) is 9.85. The predicted octanol–water partition coefficient (Wildman–Crippen LogP) is -0.292. The van der Waals surface area contributed by atoms with Gasteiger partial charge >= 0.3 is 6.03 Å². The summed E-state index contributed by atoms with van der Waals surface area (Å²) in [7, 11) is -3.87. The number of aromatic nitrogens is 1. The molecule has 0 radical (unpaired) electrons. The van der Waals surface area contributed by atoms with E-state index in [9.17, 15) is 18.0 Å². The third-order valence-electron chi connectivity index (χ3n) is 3.59. The van der Waals surface area contributed by atoms with Gasteiger partial charge in [-0.15, -0.1) is 0 Å². The Kier molecular flexibility index (Phi) is 3.15. The molecule has 1 spiro atoms. The SMILES string of the molecule is O=C1NC(=O)C2(CCN(S(=O)(=O)c3cccnc3Cl)C2)N1. The van der Waals surface area contributed by atoms with Crippen molar-refractivity contribution in [1.82, 2.24) is 19.9 Å². The Morgan fingerprint density at radius 2 is 2.14 bits per heavy atom. The Morgan fingerprint density at radius 3 is 2.76 bits per heavy atom. The minimum Gasteiger partial charge on any atom is -0.322 e. The van der Waals surface area contributed by atoms with Gasteiger partial charge in [0.2, 0.25) is 10.0 Å². The van der Waals surface area contributed by atoms with Crippen molar-refractivity contribution in [1.29, 1.82) is 0 Å². The van der Waals surface area contributed by atoms with Crippen LogP contribution in [-0.4, -0.2) is 48.3 Å². The monoisotopic (exact) mass is 330 g/mol. The summed E-state index contributed by atoms with van der Waals surface area (Å²) in [5.41, 5.74) is -1.20. The maximum absolute atomic E-state index is 12.5. The number of pyridine rings is 1. The molecule has 0 saturated carbocycles. The lowest BCUT2D eigenvalue weighted by atomic mass is 10.00. The van der Waals surface area contributed by atoms with E-state index >= 15 is 0 Å². The van der Waals surface area contributed by atoms with Crippen molar-refractivity contribution in [3.05, 3.63) is 23.5 Å². The summed E-state index contributed by atoms with van der Waals surface area (Å²) in [4.78, 5) is 26.7. The number of halogens is 1. The molecule has 1 atom stereocenters. The molecule has 8 nitrogen and oxygen atoms in total. The normalized spacial score (nSPS) is 26.1. The van der Waals surface area contributed by atoms with Crippen molar-refractivity contribution >= 4 is 33.6 Å². The molecule has 112 valence electrons. The van der Waals surface area contributed by atoms with Gasteiger partial charge in [0.15, 0.2) is 0 Å². The lowest BCUT2D eigenvalue weighted by Crippen LogP contribution is -2.49. The second-order valence-electron chi connectivity index (χ2n) is 4.87. The van der Waals surface area contributed by atoms with Crippen LogP contribution >= 0.6 is 11.6 Å². The first-order valence-corrected chi connectivity index (χ1v) is 7.91. The quantitative estimate of drug-likeness (QED) is 0.572. The molecule has 1 aromatic rings. The number of hydrogen-bond acceptors (Lipinski definition) is 5. The first kappa shape index (κ1) is 14.2. The van der Waals surface area contributed by atoms with E-state index in [2.05, 4.69) is 15.6 Å². The molecular formula is C11H11ClN4O4S. The molecule has 2 aliphatic heterocycles. The Balaban J connectivity index is 1.92. The van der Waals surface area contributed by atoms with E-state index in [4.69, 9.17) is 11.6 Å². The fourth-order valence-electron chi connectivity index (χ4n) is 2.50. The number of sulfonamides is 1. The van der Waals surface area contributed by atoms with E-state index in [1.165, 1.54) is 18.3 Å².